The van der Waals surface area contributed by atoms with E-state index < -0.39 is 12.3 Å². The third-order valence-corrected chi connectivity index (χ3v) is 5.94. The number of halogens is 2. The molecule has 158 valence electrons. The molecule has 1 saturated heterocycles. The predicted octanol–water partition coefficient (Wildman–Crippen LogP) is 1.68. The maximum atomic E-state index is 14.0. The number of amides is 1. The summed E-state index contributed by atoms with van der Waals surface area (Å²) in [6.07, 6.45) is -1.73. The molecule has 1 amide bonds. The first kappa shape index (κ1) is 20.6. The maximum Gasteiger partial charge on any atom is 0.328 e. The van der Waals surface area contributed by atoms with Crippen molar-refractivity contribution >= 4 is 23.1 Å². The molecule has 0 bridgehead atoms. The van der Waals surface area contributed by atoms with E-state index in [1.54, 1.807) is 29.2 Å². The molecule has 2 atom stereocenters. The minimum absolute atomic E-state index is 0.229. The number of carbonyl (C=O) groups is 1. The molecule has 1 aromatic heterocycles. The summed E-state index contributed by atoms with van der Waals surface area (Å²) in [5, 5.41) is 3.52. The number of aryl methyl sites for hydroxylation is 2. The molecular weight excluding hydrogens is 409 g/mol. The van der Waals surface area contributed by atoms with Crippen molar-refractivity contribution in [2.75, 3.05) is 26.2 Å². The smallest absolute Gasteiger partial charge is 0.328 e. The highest BCUT2D eigenvalue weighted by molar-refractivity contribution is 6.31. The number of aromatic nitrogens is 2. The number of rotatable bonds is 4. The number of hydrogen-bond donors (Lipinski definition) is 2. The lowest BCUT2D eigenvalue weighted by molar-refractivity contribution is -0.396. The van der Waals surface area contributed by atoms with Gasteiger partial charge in [0, 0.05) is 25.7 Å². The third-order valence-electron chi connectivity index (χ3n) is 5.39. The summed E-state index contributed by atoms with van der Waals surface area (Å²) in [5.41, 5.74) is 9.43. The Bertz CT molecular complexity index is 1010. The van der Waals surface area contributed by atoms with Crippen LogP contribution in [-0.4, -0.2) is 54.2 Å². The quantitative estimate of drug-likeness (QED) is 0.766. The second-order valence-electron chi connectivity index (χ2n) is 7.60. The van der Waals surface area contributed by atoms with Gasteiger partial charge in [-0.15, -0.1) is 0 Å². The van der Waals surface area contributed by atoms with Gasteiger partial charge in [0.1, 0.15) is 22.6 Å². The fraction of sp³-hybridized carbons (Fsp3) is 0.381. The van der Waals surface area contributed by atoms with Crippen LogP contribution >= 0.6 is 11.6 Å². The first-order valence-corrected chi connectivity index (χ1v) is 10.2. The summed E-state index contributed by atoms with van der Waals surface area (Å²) < 4.78 is 19.8. The van der Waals surface area contributed by atoms with Gasteiger partial charge in [-0.2, -0.15) is 0 Å². The van der Waals surface area contributed by atoms with E-state index in [-0.39, 0.29) is 19.0 Å². The van der Waals surface area contributed by atoms with Gasteiger partial charge in [-0.05, 0) is 24.0 Å². The molecule has 2 aliphatic heterocycles. The fourth-order valence-corrected chi connectivity index (χ4v) is 3.82. The molecule has 9 heteroatoms. The predicted molar refractivity (Wildman–Crippen MR) is 111 cm³/mol. The van der Waals surface area contributed by atoms with Crippen LogP contribution in [0.1, 0.15) is 27.6 Å². The van der Waals surface area contributed by atoms with Crippen LogP contribution in [0.3, 0.4) is 0 Å². The number of para-hydroxylation sites is 1. The molecule has 3 heterocycles. The summed E-state index contributed by atoms with van der Waals surface area (Å²) in [5.74, 6) is 0.741. The van der Waals surface area contributed by atoms with E-state index in [0.29, 0.717) is 46.6 Å². The van der Waals surface area contributed by atoms with E-state index in [0.717, 1.165) is 11.3 Å². The minimum atomic E-state index is -1.11. The molecule has 0 radical (unpaired) electrons. The van der Waals surface area contributed by atoms with Gasteiger partial charge in [-0.1, -0.05) is 23.7 Å². The van der Waals surface area contributed by atoms with Gasteiger partial charge in [0.05, 0.1) is 24.2 Å². The highest BCUT2D eigenvalue weighted by atomic mass is 35.5. The van der Waals surface area contributed by atoms with Crippen molar-refractivity contribution in [2.24, 2.45) is 5.73 Å². The average Bonchev–Trinajstić information content (AvgIpc) is 3.31. The normalized spacial score (nSPS) is 21.4. The molecular formula is C21H24ClFN5O2+. The summed E-state index contributed by atoms with van der Waals surface area (Å²) in [7, 11) is 0. The topological polar surface area (TPSA) is 94.6 Å². The summed E-state index contributed by atoms with van der Waals surface area (Å²) in [6, 6.07) is 6.90. The van der Waals surface area contributed by atoms with E-state index in [2.05, 4.69) is 15.3 Å². The molecule has 0 saturated carbocycles. The lowest BCUT2D eigenvalue weighted by Gasteiger charge is -2.21. The Labute approximate surface area is 179 Å². The van der Waals surface area contributed by atoms with Gasteiger partial charge in [-0.3, -0.25) is 4.79 Å². The molecule has 4 rings (SSSR count). The molecule has 1 fully saturated rings. The highest BCUT2D eigenvalue weighted by Gasteiger charge is 2.34. The van der Waals surface area contributed by atoms with Gasteiger partial charge in [0.25, 0.3) is 5.91 Å². The van der Waals surface area contributed by atoms with Crippen molar-refractivity contribution in [1.82, 2.24) is 15.2 Å². The molecule has 4 N–H and O–H groups in total. The van der Waals surface area contributed by atoms with Crippen LogP contribution in [0.15, 0.2) is 30.0 Å². The summed E-state index contributed by atoms with van der Waals surface area (Å²) in [6.45, 7) is 4.92. The number of alkyl halides is 1. The zero-order chi connectivity index (χ0) is 21.4. The van der Waals surface area contributed by atoms with Crippen molar-refractivity contribution in [2.45, 2.75) is 26.1 Å². The highest BCUT2D eigenvalue weighted by Crippen LogP contribution is 2.28. The van der Waals surface area contributed by atoms with E-state index in [1.807, 2.05) is 13.8 Å². The third kappa shape index (κ3) is 3.85. The Morgan fingerprint density at radius 1 is 1.33 bits per heavy atom. The van der Waals surface area contributed by atoms with E-state index in [4.69, 9.17) is 22.1 Å². The second kappa shape index (κ2) is 8.20. The van der Waals surface area contributed by atoms with Crippen molar-refractivity contribution < 1.29 is 18.9 Å². The van der Waals surface area contributed by atoms with E-state index in [9.17, 15) is 9.18 Å². The molecule has 2 aliphatic rings. The Morgan fingerprint density at radius 3 is 2.80 bits per heavy atom. The van der Waals surface area contributed by atoms with Gasteiger partial charge in [0.15, 0.2) is 11.9 Å². The van der Waals surface area contributed by atoms with Crippen LogP contribution in [-0.2, 0) is 0 Å². The van der Waals surface area contributed by atoms with Gasteiger partial charge < -0.3 is 20.7 Å². The van der Waals surface area contributed by atoms with Crippen LogP contribution in [0.5, 0.6) is 5.75 Å². The van der Waals surface area contributed by atoms with Crippen molar-refractivity contribution in [3.05, 3.63) is 57.8 Å². The summed E-state index contributed by atoms with van der Waals surface area (Å²) in [4.78, 5) is 22.5. The number of H-pyrrole nitrogens is 1. The van der Waals surface area contributed by atoms with Gasteiger partial charge in [-0.25, -0.2) is 9.37 Å². The van der Waals surface area contributed by atoms with Crippen LogP contribution in [0.4, 0.5) is 4.39 Å². The molecule has 0 unspecified atom stereocenters. The Balaban J connectivity index is 1.55. The minimum Gasteiger partial charge on any atom is -0.485 e. The zero-order valence-corrected chi connectivity index (χ0v) is 17.6. The molecule has 0 aliphatic carbocycles. The van der Waals surface area contributed by atoms with Crippen LogP contribution in [0, 0.1) is 13.8 Å². The number of benzene rings is 1. The molecule has 1 aromatic carbocycles. The number of ether oxygens (including phenoxy) is 1. The van der Waals surface area contributed by atoms with Crippen molar-refractivity contribution in [3.63, 3.8) is 0 Å². The fourth-order valence-electron chi connectivity index (χ4n) is 3.73. The maximum absolute atomic E-state index is 14.0. The summed E-state index contributed by atoms with van der Waals surface area (Å²) >= 11 is 6.20. The second-order valence-corrected chi connectivity index (χ2v) is 7.98. The first-order chi connectivity index (χ1) is 14.3. The standard InChI is InChI=1S/C21H23ClFN5O2/c1-11-19(22)12(2)27-20(26-11)14-9-28(10-16(14)24)21(29)13-5-3-4-6-17(13)30-18-8-25-7-15(18)23/h3-6,15,18,25H,7-10,24H2,1-2H3/p+1/t15-,18+/m1/s1. The van der Waals surface area contributed by atoms with Gasteiger partial charge >= 0.3 is 5.82 Å². The monoisotopic (exact) mass is 432 g/mol. The largest absolute Gasteiger partial charge is 0.485 e. The average molecular weight is 433 g/mol. The molecule has 30 heavy (non-hydrogen) atoms. The number of nitrogens with zero attached hydrogens (tertiary/aromatic N) is 2. The van der Waals surface area contributed by atoms with E-state index >= 15 is 0 Å². The van der Waals surface area contributed by atoms with Crippen molar-refractivity contribution in [1.29, 1.82) is 0 Å². The lowest BCUT2D eigenvalue weighted by Crippen LogP contribution is -2.32. The van der Waals surface area contributed by atoms with Gasteiger partial charge in [0.2, 0.25) is 0 Å². The van der Waals surface area contributed by atoms with E-state index in [1.165, 1.54) is 0 Å². The lowest BCUT2D eigenvalue weighted by atomic mass is 10.1. The Kier molecular flexibility index (Phi) is 5.62. The number of nitrogens with one attached hydrogen (secondary N) is 2. The van der Waals surface area contributed by atoms with Crippen LogP contribution in [0.2, 0.25) is 5.02 Å². The Morgan fingerprint density at radius 2 is 2.10 bits per heavy atom. The van der Waals surface area contributed by atoms with Crippen LogP contribution in [0.25, 0.3) is 5.57 Å². The number of nitrogens with two attached hydrogens (primary N) is 1. The molecule has 7 nitrogen and oxygen atoms in total. The van der Waals surface area contributed by atoms with Crippen LogP contribution < -0.4 is 20.8 Å². The number of hydrogen-bond acceptors (Lipinski definition) is 5. The molecule has 2 aromatic rings. The van der Waals surface area contributed by atoms with Crippen molar-refractivity contribution in [3.8, 4) is 5.75 Å². The Hall–Kier alpha value is -2.71. The number of aromatic amines is 1. The SMILES string of the molecule is Cc1nc(C2=C(N)CN(C(=O)c3ccccc3O[C@H]3CNC[C@H]3F)C2)[nH+]c(C)c1Cl. The zero-order valence-electron chi connectivity index (χ0n) is 16.8. The first-order valence-electron chi connectivity index (χ1n) is 9.78. The molecule has 0 spiro atoms. The number of carbonyl (C=O) groups excluding carboxylic acids is 1.